The Hall–Kier alpha value is -0.618. The van der Waals surface area contributed by atoms with Gasteiger partial charge in [-0.15, -0.1) is 0 Å². The maximum Gasteiger partial charge on any atom is 0.487 e. The first-order chi connectivity index (χ1) is 13.4. The van der Waals surface area contributed by atoms with Crippen molar-refractivity contribution < 1.29 is 13.7 Å². The van der Waals surface area contributed by atoms with Crippen molar-refractivity contribution in [3.8, 4) is 0 Å². The lowest BCUT2D eigenvalue weighted by Gasteiger charge is -2.40. The third kappa shape index (κ3) is 6.95. The molecule has 5 heteroatoms. The van der Waals surface area contributed by atoms with E-state index in [1.54, 1.807) is 0 Å². The van der Waals surface area contributed by atoms with Crippen LogP contribution >= 0.6 is 0 Å². The van der Waals surface area contributed by atoms with Crippen molar-refractivity contribution in [3.05, 3.63) is 35.3 Å². The first kappa shape index (κ1) is 27.4. The Morgan fingerprint density at radius 3 is 1.97 bits per heavy atom. The molecule has 1 aliphatic heterocycles. The molecule has 1 aliphatic rings. The molecular formula is C25H47BO3Si. The van der Waals surface area contributed by atoms with Gasteiger partial charge in [0.1, 0.15) is 0 Å². The van der Waals surface area contributed by atoms with Crippen LogP contribution in [0.25, 0.3) is 0 Å². The summed E-state index contributed by atoms with van der Waals surface area (Å²) >= 11 is 0. The zero-order valence-corrected chi connectivity index (χ0v) is 23.0. The van der Waals surface area contributed by atoms with Crippen molar-refractivity contribution in [3.63, 3.8) is 0 Å². The fraction of sp³-hybridized carbons (Fsp3) is 0.760. The summed E-state index contributed by atoms with van der Waals surface area (Å²) in [6.45, 7) is 28.7. The van der Waals surface area contributed by atoms with Crippen LogP contribution in [-0.2, 0) is 13.7 Å². The molecule has 0 aromatic rings. The fourth-order valence-corrected chi connectivity index (χ4v) is 4.63. The average molecular weight is 435 g/mol. The molecule has 1 heterocycles. The summed E-state index contributed by atoms with van der Waals surface area (Å²) < 4.78 is 18.8. The highest BCUT2D eigenvalue weighted by atomic mass is 28.4. The van der Waals surface area contributed by atoms with E-state index in [4.69, 9.17) is 13.7 Å². The Kier molecular flexibility index (Phi) is 9.04. The van der Waals surface area contributed by atoms with Gasteiger partial charge in [-0.3, -0.25) is 0 Å². The van der Waals surface area contributed by atoms with Gasteiger partial charge in [0.25, 0.3) is 0 Å². The SMILES string of the molecule is CC[C@H](O[Si](C)(C)C(C)(C)C)[C@H](C)/C=C(C)/C(C)=C/C=C/B1OC(C)(C)C(C)(C)O1. The highest BCUT2D eigenvalue weighted by Gasteiger charge is 2.50. The molecule has 0 aromatic heterocycles. The van der Waals surface area contributed by atoms with Crippen molar-refractivity contribution in [2.75, 3.05) is 0 Å². The van der Waals surface area contributed by atoms with Crippen molar-refractivity contribution in [2.24, 2.45) is 5.92 Å². The van der Waals surface area contributed by atoms with Gasteiger partial charge in [-0.25, -0.2) is 0 Å². The molecule has 0 N–H and O–H groups in total. The van der Waals surface area contributed by atoms with Gasteiger partial charge in [0.15, 0.2) is 8.32 Å². The standard InChI is InChI=1S/C25H47BO3Si/c1-14-22(27-30(12,13)23(5,6)7)21(4)18-20(3)19(2)16-15-17-26-28-24(8,9)25(10,11)29-26/h15-18,21-22H,14H2,1-13H3/b17-15+,19-16+,20-18+/t21-,22+/m1/s1. The number of rotatable bonds is 8. The number of hydrogen-bond acceptors (Lipinski definition) is 3. The van der Waals surface area contributed by atoms with Crippen LogP contribution in [0, 0.1) is 5.92 Å². The normalized spacial score (nSPS) is 22.6. The molecule has 0 aromatic carbocycles. The van der Waals surface area contributed by atoms with Gasteiger partial charge < -0.3 is 13.7 Å². The van der Waals surface area contributed by atoms with E-state index in [0.717, 1.165) is 6.42 Å². The summed E-state index contributed by atoms with van der Waals surface area (Å²) in [5.74, 6) is 2.37. The molecule has 1 fully saturated rings. The molecule has 0 unspecified atom stereocenters. The molecule has 1 rings (SSSR count). The van der Waals surface area contributed by atoms with Crippen LogP contribution < -0.4 is 0 Å². The predicted molar refractivity (Wildman–Crippen MR) is 134 cm³/mol. The minimum Gasteiger partial charge on any atom is -0.413 e. The first-order valence-electron chi connectivity index (χ1n) is 11.5. The largest absolute Gasteiger partial charge is 0.487 e. The Morgan fingerprint density at radius 2 is 1.53 bits per heavy atom. The average Bonchev–Trinajstić information content (AvgIpc) is 2.78. The predicted octanol–water partition coefficient (Wildman–Crippen LogP) is 7.50. The van der Waals surface area contributed by atoms with Gasteiger partial charge in [-0.1, -0.05) is 64.4 Å². The molecule has 0 bridgehead atoms. The van der Waals surface area contributed by atoms with Gasteiger partial charge in [-0.05, 0) is 77.6 Å². The fourth-order valence-electron chi connectivity index (χ4n) is 3.14. The Labute approximate surface area is 188 Å². The molecule has 3 nitrogen and oxygen atoms in total. The summed E-state index contributed by atoms with van der Waals surface area (Å²) in [6, 6.07) is 0. The Morgan fingerprint density at radius 1 is 1.03 bits per heavy atom. The van der Waals surface area contributed by atoms with Crippen molar-refractivity contribution in [1.82, 2.24) is 0 Å². The first-order valence-corrected chi connectivity index (χ1v) is 14.4. The van der Waals surface area contributed by atoms with Crippen molar-refractivity contribution >= 4 is 15.4 Å². The van der Waals surface area contributed by atoms with Gasteiger partial charge >= 0.3 is 7.12 Å². The minimum absolute atomic E-state index is 0.229. The molecule has 30 heavy (non-hydrogen) atoms. The van der Waals surface area contributed by atoms with Crippen LogP contribution in [0.4, 0.5) is 0 Å². The van der Waals surface area contributed by atoms with Crippen LogP contribution in [0.1, 0.15) is 82.6 Å². The van der Waals surface area contributed by atoms with Crippen LogP contribution in [0.15, 0.2) is 35.3 Å². The summed E-state index contributed by atoms with van der Waals surface area (Å²) in [4.78, 5) is 0. The maximum absolute atomic E-state index is 6.71. The molecule has 0 amide bonds. The third-order valence-corrected chi connectivity index (χ3v) is 11.8. The van der Waals surface area contributed by atoms with E-state index in [2.05, 4.69) is 101 Å². The van der Waals surface area contributed by atoms with E-state index in [1.807, 2.05) is 12.1 Å². The second-order valence-corrected chi connectivity index (χ2v) is 16.1. The van der Waals surface area contributed by atoms with E-state index >= 15 is 0 Å². The summed E-state index contributed by atoms with van der Waals surface area (Å²) in [5, 5.41) is 0.229. The monoisotopic (exact) mass is 434 g/mol. The van der Waals surface area contributed by atoms with Crippen molar-refractivity contribution in [2.45, 2.75) is 118 Å². The van der Waals surface area contributed by atoms with E-state index in [0.29, 0.717) is 5.92 Å². The Bertz CT molecular complexity index is 652. The van der Waals surface area contributed by atoms with E-state index in [1.165, 1.54) is 11.1 Å². The van der Waals surface area contributed by atoms with E-state index in [-0.39, 0.29) is 29.5 Å². The molecule has 0 aliphatic carbocycles. The van der Waals surface area contributed by atoms with E-state index in [9.17, 15) is 0 Å². The quantitative estimate of drug-likeness (QED) is 0.292. The summed E-state index contributed by atoms with van der Waals surface area (Å²) in [7, 11) is -2.07. The molecule has 172 valence electrons. The zero-order valence-electron chi connectivity index (χ0n) is 22.0. The second-order valence-electron chi connectivity index (χ2n) is 11.4. The molecular weight excluding hydrogens is 387 g/mol. The van der Waals surface area contributed by atoms with Crippen LogP contribution in [-0.4, -0.2) is 32.7 Å². The molecule has 0 saturated carbocycles. The number of allylic oxidation sites excluding steroid dienone is 4. The highest BCUT2D eigenvalue weighted by Crippen LogP contribution is 2.39. The molecule has 0 radical (unpaired) electrons. The smallest absolute Gasteiger partial charge is 0.413 e. The molecule has 0 spiro atoms. The van der Waals surface area contributed by atoms with Crippen LogP contribution in [0.2, 0.25) is 18.1 Å². The van der Waals surface area contributed by atoms with Gasteiger partial charge in [0.2, 0.25) is 0 Å². The summed E-state index contributed by atoms with van der Waals surface area (Å²) in [5.41, 5.74) is 1.94. The zero-order chi connectivity index (χ0) is 23.5. The minimum atomic E-state index is -1.77. The topological polar surface area (TPSA) is 27.7 Å². The van der Waals surface area contributed by atoms with E-state index < -0.39 is 8.32 Å². The lowest BCUT2D eigenvalue weighted by Crippen LogP contribution is -2.45. The Balaban J connectivity index is 2.81. The number of hydrogen-bond donors (Lipinski definition) is 0. The highest BCUT2D eigenvalue weighted by molar-refractivity contribution is 6.74. The maximum atomic E-state index is 6.71. The van der Waals surface area contributed by atoms with Gasteiger partial charge in [0.05, 0.1) is 17.3 Å². The van der Waals surface area contributed by atoms with Crippen LogP contribution in [0.5, 0.6) is 0 Å². The third-order valence-electron chi connectivity index (χ3n) is 7.26. The molecule has 2 atom stereocenters. The van der Waals surface area contributed by atoms with Gasteiger partial charge in [-0.2, -0.15) is 0 Å². The summed E-state index contributed by atoms with van der Waals surface area (Å²) in [6.07, 6.45) is 7.83. The van der Waals surface area contributed by atoms with Gasteiger partial charge in [0, 0.05) is 0 Å². The van der Waals surface area contributed by atoms with Crippen LogP contribution in [0.3, 0.4) is 0 Å². The van der Waals surface area contributed by atoms with Crippen molar-refractivity contribution in [1.29, 1.82) is 0 Å². The lowest BCUT2D eigenvalue weighted by atomic mass is 9.89. The molecule has 1 saturated heterocycles. The second kappa shape index (κ2) is 9.89. The lowest BCUT2D eigenvalue weighted by molar-refractivity contribution is 0.00578.